The summed E-state index contributed by atoms with van der Waals surface area (Å²) in [6.07, 6.45) is 1.09. The van der Waals surface area contributed by atoms with Gasteiger partial charge >= 0.3 is 0 Å². The van der Waals surface area contributed by atoms with Crippen molar-refractivity contribution in [1.82, 2.24) is 0 Å². The van der Waals surface area contributed by atoms with Crippen molar-refractivity contribution in [3.8, 4) is 0 Å². The van der Waals surface area contributed by atoms with E-state index in [0.29, 0.717) is 12.8 Å². The fourth-order valence-electron chi connectivity index (χ4n) is 2.79. The smallest absolute Gasteiger partial charge is 0.209 e. The molecule has 1 aromatic rings. The molecule has 4 nitrogen and oxygen atoms in total. The first kappa shape index (κ1) is 16.6. The second-order valence-electron chi connectivity index (χ2n) is 5.99. The molecule has 0 unspecified atom stereocenters. The van der Waals surface area contributed by atoms with E-state index in [2.05, 4.69) is 53.4 Å². The van der Waals surface area contributed by atoms with Gasteiger partial charge in [-0.2, -0.15) is 4.58 Å². The third-order valence-corrected chi connectivity index (χ3v) is 5.54. The highest BCUT2D eigenvalue weighted by Gasteiger charge is 2.42. The summed E-state index contributed by atoms with van der Waals surface area (Å²) < 4.78 is 35.2. The molecule has 116 valence electrons. The van der Waals surface area contributed by atoms with Crippen LogP contribution in [0.25, 0.3) is 0 Å². The molecule has 1 aromatic carbocycles. The molecular weight excluding hydrogens is 354 g/mol. The molecule has 2 rings (SSSR count). The van der Waals surface area contributed by atoms with Crippen molar-refractivity contribution in [1.29, 1.82) is 0 Å². The Balaban J connectivity index is 2.18. The van der Waals surface area contributed by atoms with Crippen LogP contribution in [0.15, 0.2) is 22.7 Å². The van der Waals surface area contributed by atoms with Crippen LogP contribution in [0.2, 0.25) is 0 Å². The fourth-order valence-corrected chi connectivity index (χ4v) is 3.71. The van der Waals surface area contributed by atoms with Crippen LogP contribution in [0, 0.1) is 0 Å². The third kappa shape index (κ3) is 3.55. The van der Waals surface area contributed by atoms with Crippen molar-refractivity contribution in [2.24, 2.45) is 0 Å². The van der Waals surface area contributed by atoms with E-state index in [0.717, 1.165) is 11.0 Å². The Hall–Kier alpha value is -0.720. The van der Waals surface area contributed by atoms with Crippen LogP contribution in [0.4, 0.5) is 5.69 Å². The summed E-state index contributed by atoms with van der Waals surface area (Å²) in [6.45, 7) is 7.23. The lowest BCUT2D eigenvalue weighted by Gasteiger charge is -2.14. The summed E-state index contributed by atoms with van der Waals surface area (Å²) in [5, 5.41) is 0. The van der Waals surface area contributed by atoms with Crippen LogP contribution in [-0.4, -0.2) is 35.6 Å². The van der Waals surface area contributed by atoms with Crippen molar-refractivity contribution < 1.29 is 17.5 Å². The molecule has 0 aliphatic carbocycles. The fraction of sp³-hybridized carbons (Fsp3) is 0.533. The summed E-state index contributed by atoms with van der Waals surface area (Å²) in [5.74, 6) is -0.281. The molecule has 0 fully saturated rings. The predicted octanol–water partition coefficient (Wildman–Crippen LogP) is 3.17. The number of rotatable bonds is 5. The van der Waals surface area contributed by atoms with E-state index >= 15 is 0 Å². The molecule has 0 saturated carbocycles. The second-order valence-corrected chi connectivity index (χ2v) is 8.43. The SMILES string of the molecule is CC1=[N+](CCCCS(=O)(=O)[O-])c2ccc(Br)cc2C1(C)C. The van der Waals surface area contributed by atoms with Gasteiger partial charge < -0.3 is 4.55 Å². The Kier molecular flexibility index (Phi) is 4.61. The van der Waals surface area contributed by atoms with Gasteiger partial charge in [-0.15, -0.1) is 0 Å². The van der Waals surface area contributed by atoms with Crippen LogP contribution in [0.5, 0.6) is 0 Å². The molecular formula is C15H20BrNO3S. The van der Waals surface area contributed by atoms with Gasteiger partial charge in [0, 0.05) is 35.2 Å². The zero-order chi connectivity index (χ0) is 15.8. The molecule has 0 N–H and O–H groups in total. The minimum atomic E-state index is -4.10. The Morgan fingerprint density at radius 2 is 1.95 bits per heavy atom. The molecule has 0 spiro atoms. The summed E-state index contributed by atoms with van der Waals surface area (Å²) in [7, 11) is -4.10. The van der Waals surface area contributed by atoms with E-state index < -0.39 is 10.1 Å². The zero-order valence-electron chi connectivity index (χ0n) is 12.5. The van der Waals surface area contributed by atoms with Crippen LogP contribution < -0.4 is 0 Å². The average Bonchev–Trinajstić information content (AvgIpc) is 2.54. The Labute approximate surface area is 134 Å². The normalized spacial score (nSPS) is 17.2. The molecule has 0 radical (unpaired) electrons. The molecule has 21 heavy (non-hydrogen) atoms. The molecule has 0 bridgehead atoms. The van der Waals surface area contributed by atoms with Crippen molar-refractivity contribution in [3.63, 3.8) is 0 Å². The quantitative estimate of drug-likeness (QED) is 0.452. The maximum Gasteiger partial charge on any atom is 0.209 e. The minimum Gasteiger partial charge on any atom is -0.748 e. The second kappa shape index (κ2) is 5.82. The van der Waals surface area contributed by atoms with Gasteiger partial charge in [0.2, 0.25) is 5.69 Å². The maximum absolute atomic E-state index is 10.7. The van der Waals surface area contributed by atoms with Crippen molar-refractivity contribution >= 4 is 37.4 Å². The number of fused-ring (bicyclic) bond motifs is 1. The lowest BCUT2D eigenvalue weighted by Crippen LogP contribution is -2.26. The molecule has 1 heterocycles. The number of halogens is 1. The van der Waals surface area contributed by atoms with E-state index in [9.17, 15) is 13.0 Å². The van der Waals surface area contributed by atoms with Gasteiger partial charge in [0.15, 0.2) is 5.71 Å². The Morgan fingerprint density at radius 1 is 1.29 bits per heavy atom. The summed E-state index contributed by atoms with van der Waals surface area (Å²) in [6, 6.07) is 6.24. The maximum atomic E-state index is 10.7. The van der Waals surface area contributed by atoms with E-state index in [-0.39, 0.29) is 11.2 Å². The van der Waals surface area contributed by atoms with Gasteiger partial charge in [-0.05, 0) is 32.4 Å². The number of hydrogen-bond donors (Lipinski definition) is 0. The molecule has 0 amide bonds. The summed E-state index contributed by atoms with van der Waals surface area (Å²) in [5.41, 5.74) is 3.65. The lowest BCUT2D eigenvalue weighted by molar-refractivity contribution is -0.439. The van der Waals surface area contributed by atoms with E-state index in [1.165, 1.54) is 17.0 Å². The molecule has 0 saturated heterocycles. The number of benzene rings is 1. The Bertz CT molecular complexity index is 693. The van der Waals surface area contributed by atoms with Gasteiger partial charge in [-0.3, -0.25) is 0 Å². The largest absolute Gasteiger partial charge is 0.748 e. The number of unbranched alkanes of at least 4 members (excludes halogenated alkanes) is 1. The first-order valence-electron chi connectivity index (χ1n) is 6.98. The van der Waals surface area contributed by atoms with E-state index in [1.807, 2.05) is 6.07 Å². The van der Waals surface area contributed by atoms with Crippen molar-refractivity contribution in [3.05, 3.63) is 28.2 Å². The van der Waals surface area contributed by atoms with Gasteiger partial charge in [0.05, 0.1) is 15.5 Å². The van der Waals surface area contributed by atoms with Gasteiger partial charge in [-0.25, -0.2) is 8.42 Å². The summed E-state index contributed by atoms with van der Waals surface area (Å²) >= 11 is 3.51. The summed E-state index contributed by atoms with van der Waals surface area (Å²) in [4.78, 5) is 0. The lowest BCUT2D eigenvalue weighted by atomic mass is 9.82. The van der Waals surface area contributed by atoms with E-state index in [4.69, 9.17) is 0 Å². The van der Waals surface area contributed by atoms with Gasteiger partial charge in [0.1, 0.15) is 6.54 Å². The topological polar surface area (TPSA) is 60.2 Å². The van der Waals surface area contributed by atoms with E-state index in [1.54, 1.807) is 0 Å². The van der Waals surface area contributed by atoms with Crippen LogP contribution in [0.3, 0.4) is 0 Å². The zero-order valence-corrected chi connectivity index (χ0v) is 14.9. The highest BCUT2D eigenvalue weighted by molar-refractivity contribution is 9.10. The van der Waals surface area contributed by atoms with Gasteiger partial charge in [0.25, 0.3) is 0 Å². The van der Waals surface area contributed by atoms with Crippen molar-refractivity contribution in [2.75, 3.05) is 12.3 Å². The number of nitrogens with zero attached hydrogens (tertiary/aromatic N) is 1. The molecule has 0 atom stereocenters. The van der Waals surface area contributed by atoms with Crippen molar-refractivity contribution in [2.45, 2.75) is 39.0 Å². The number of hydrogen-bond acceptors (Lipinski definition) is 3. The molecule has 6 heteroatoms. The Morgan fingerprint density at radius 3 is 2.57 bits per heavy atom. The molecule has 0 aromatic heterocycles. The standard InChI is InChI=1S/C15H20BrNO3S/c1-11-15(2,3)13-10-12(16)6-7-14(13)17(11)8-4-5-9-21(18,19)20/h6-7,10H,4-5,8-9H2,1-3H3. The molecule has 1 aliphatic heterocycles. The highest BCUT2D eigenvalue weighted by atomic mass is 79.9. The molecule has 1 aliphatic rings. The monoisotopic (exact) mass is 373 g/mol. The van der Waals surface area contributed by atoms with Gasteiger partial charge in [-0.1, -0.05) is 15.9 Å². The van der Waals surface area contributed by atoms with Crippen LogP contribution in [0.1, 0.15) is 39.2 Å². The van der Waals surface area contributed by atoms with Crippen LogP contribution in [-0.2, 0) is 15.5 Å². The first-order chi connectivity index (χ1) is 9.63. The average molecular weight is 374 g/mol. The first-order valence-corrected chi connectivity index (χ1v) is 9.35. The minimum absolute atomic E-state index is 0.0380. The highest BCUT2D eigenvalue weighted by Crippen LogP contribution is 2.40. The predicted molar refractivity (Wildman–Crippen MR) is 86.4 cm³/mol. The van der Waals surface area contributed by atoms with Crippen LogP contribution >= 0.6 is 15.9 Å². The third-order valence-electron chi connectivity index (χ3n) is 4.26.